The molecule has 32 heavy (non-hydrogen) atoms. The monoisotopic (exact) mass is 440 g/mol. The van der Waals surface area contributed by atoms with Crippen LogP contribution < -0.4 is 5.56 Å². The molecule has 0 amide bonds. The Bertz CT molecular complexity index is 1140. The molecule has 2 aromatic heterocycles. The highest BCUT2D eigenvalue weighted by molar-refractivity contribution is 5.79. The van der Waals surface area contributed by atoms with Crippen LogP contribution in [0.5, 0.6) is 0 Å². The van der Waals surface area contributed by atoms with Crippen molar-refractivity contribution >= 4 is 11.0 Å². The zero-order chi connectivity index (χ0) is 22.7. The maximum atomic E-state index is 13.1. The van der Waals surface area contributed by atoms with Gasteiger partial charge in [-0.2, -0.15) is 0 Å². The Kier molecular flexibility index (Phi) is 7.04. The van der Waals surface area contributed by atoms with E-state index in [9.17, 15) is 9.18 Å². The fourth-order valence-corrected chi connectivity index (χ4v) is 4.88. The molecule has 6 nitrogen and oxygen atoms in total. The standard InChI is InChI=1S/C14H17FN2O.C11H16N2O/c1-17-7-2-3-10(6-8-17)14-12-5-4-11(15)9-13(12)18-16-14;1-3-9-8(2)12-10-6-4-5-7-13(10)11(9)14/h4-5,9-10H,2-3,6-8H2,1H3;3-7H2,1-2H3. The summed E-state index contributed by atoms with van der Waals surface area (Å²) in [6.07, 6.45) is 7.42. The van der Waals surface area contributed by atoms with Gasteiger partial charge in [0.15, 0.2) is 5.58 Å². The van der Waals surface area contributed by atoms with Crippen LogP contribution in [0.3, 0.4) is 0 Å². The lowest BCUT2D eigenvalue weighted by Crippen LogP contribution is -2.31. The number of aryl methyl sites for hydroxylation is 2. The van der Waals surface area contributed by atoms with Gasteiger partial charge in [0, 0.05) is 41.6 Å². The highest BCUT2D eigenvalue weighted by Crippen LogP contribution is 2.32. The summed E-state index contributed by atoms with van der Waals surface area (Å²) >= 11 is 0. The minimum Gasteiger partial charge on any atom is -0.356 e. The van der Waals surface area contributed by atoms with Crippen LogP contribution >= 0.6 is 0 Å². The Hall–Kier alpha value is -2.54. The van der Waals surface area contributed by atoms with Gasteiger partial charge in [-0.3, -0.25) is 9.36 Å². The molecule has 1 unspecified atom stereocenters. The largest absolute Gasteiger partial charge is 0.356 e. The van der Waals surface area contributed by atoms with E-state index in [1.54, 1.807) is 6.07 Å². The molecule has 0 radical (unpaired) electrons. The summed E-state index contributed by atoms with van der Waals surface area (Å²) in [6.45, 7) is 7.03. The van der Waals surface area contributed by atoms with Gasteiger partial charge in [-0.1, -0.05) is 12.1 Å². The second kappa shape index (κ2) is 9.94. The van der Waals surface area contributed by atoms with Crippen LogP contribution in [0, 0.1) is 12.7 Å². The van der Waals surface area contributed by atoms with E-state index >= 15 is 0 Å². The van der Waals surface area contributed by atoms with E-state index < -0.39 is 0 Å². The first-order chi connectivity index (χ1) is 15.5. The zero-order valence-corrected chi connectivity index (χ0v) is 19.4. The minimum atomic E-state index is -0.272. The molecule has 2 aliphatic rings. The SMILES string of the molecule is CCc1c(C)nc2n(c1=O)CCCC2.CN1CCCC(c2noc3cc(F)ccc23)CC1. The Labute approximate surface area is 188 Å². The molecule has 172 valence electrons. The fourth-order valence-electron chi connectivity index (χ4n) is 4.88. The summed E-state index contributed by atoms with van der Waals surface area (Å²) < 4.78 is 20.2. The van der Waals surface area contributed by atoms with Crippen molar-refractivity contribution in [1.82, 2.24) is 19.6 Å². The van der Waals surface area contributed by atoms with Crippen molar-refractivity contribution in [3.05, 3.63) is 57.1 Å². The third-order valence-corrected chi connectivity index (χ3v) is 6.73. The topological polar surface area (TPSA) is 64.2 Å². The second-order valence-electron chi connectivity index (χ2n) is 9.00. The van der Waals surface area contributed by atoms with Crippen molar-refractivity contribution in [2.75, 3.05) is 20.1 Å². The van der Waals surface area contributed by atoms with Crippen LogP contribution in [-0.4, -0.2) is 39.7 Å². The number of halogens is 1. The number of nitrogens with zero attached hydrogens (tertiary/aromatic N) is 4. The predicted molar refractivity (Wildman–Crippen MR) is 124 cm³/mol. The number of likely N-dealkylation sites (tertiary alicyclic amines) is 1. The van der Waals surface area contributed by atoms with Crippen molar-refractivity contribution < 1.29 is 8.91 Å². The molecule has 7 heteroatoms. The van der Waals surface area contributed by atoms with Crippen LogP contribution in [0.25, 0.3) is 11.0 Å². The molecule has 0 aliphatic carbocycles. The summed E-state index contributed by atoms with van der Waals surface area (Å²) in [5, 5.41) is 5.13. The van der Waals surface area contributed by atoms with Crippen molar-refractivity contribution in [2.24, 2.45) is 0 Å². The minimum absolute atomic E-state index is 0.190. The first-order valence-corrected chi connectivity index (χ1v) is 11.8. The van der Waals surface area contributed by atoms with E-state index in [1.165, 1.54) is 18.6 Å². The van der Waals surface area contributed by atoms with E-state index in [0.717, 1.165) is 86.3 Å². The first kappa shape index (κ1) is 22.6. The fraction of sp³-hybridized carbons (Fsp3) is 0.560. The summed E-state index contributed by atoms with van der Waals surface area (Å²) in [4.78, 5) is 18.8. The summed E-state index contributed by atoms with van der Waals surface area (Å²) in [6, 6.07) is 4.67. The van der Waals surface area contributed by atoms with Gasteiger partial charge in [0.25, 0.3) is 5.56 Å². The van der Waals surface area contributed by atoms with Crippen molar-refractivity contribution in [3.8, 4) is 0 Å². The van der Waals surface area contributed by atoms with Gasteiger partial charge in [-0.15, -0.1) is 0 Å². The maximum Gasteiger partial charge on any atom is 0.256 e. The van der Waals surface area contributed by atoms with Gasteiger partial charge in [0.2, 0.25) is 0 Å². The smallest absolute Gasteiger partial charge is 0.256 e. The van der Waals surface area contributed by atoms with Crippen LogP contribution in [0.2, 0.25) is 0 Å². The molecule has 0 N–H and O–H groups in total. The molecule has 1 aromatic carbocycles. The molecule has 1 atom stereocenters. The van der Waals surface area contributed by atoms with E-state index in [1.807, 2.05) is 18.4 Å². The van der Waals surface area contributed by atoms with E-state index in [2.05, 4.69) is 22.1 Å². The molecule has 1 fully saturated rings. The summed E-state index contributed by atoms with van der Waals surface area (Å²) in [7, 11) is 2.15. The van der Waals surface area contributed by atoms with Crippen LogP contribution in [0.1, 0.15) is 67.7 Å². The number of fused-ring (bicyclic) bond motifs is 2. The Balaban J connectivity index is 0.000000158. The van der Waals surface area contributed by atoms with Crippen molar-refractivity contribution in [3.63, 3.8) is 0 Å². The molecular formula is C25H33FN4O2. The Morgan fingerprint density at radius 2 is 2.00 bits per heavy atom. The van der Waals surface area contributed by atoms with Crippen LogP contribution in [0.15, 0.2) is 27.5 Å². The molecule has 5 rings (SSSR count). The maximum absolute atomic E-state index is 13.1. The van der Waals surface area contributed by atoms with Crippen LogP contribution in [-0.2, 0) is 19.4 Å². The molecule has 0 saturated carbocycles. The lowest BCUT2D eigenvalue weighted by atomic mass is 9.94. The van der Waals surface area contributed by atoms with E-state index in [-0.39, 0.29) is 11.4 Å². The van der Waals surface area contributed by atoms with Crippen LogP contribution in [0.4, 0.5) is 4.39 Å². The summed E-state index contributed by atoms with van der Waals surface area (Å²) in [5.74, 6) is 1.14. The van der Waals surface area contributed by atoms with Crippen molar-refractivity contribution in [2.45, 2.75) is 71.3 Å². The Morgan fingerprint density at radius 3 is 2.81 bits per heavy atom. The van der Waals surface area contributed by atoms with Crippen molar-refractivity contribution in [1.29, 1.82) is 0 Å². The molecule has 1 saturated heterocycles. The highest BCUT2D eigenvalue weighted by Gasteiger charge is 2.22. The van der Waals surface area contributed by atoms with Gasteiger partial charge < -0.3 is 9.42 Å². The lowest BCUT2D eigenvalue weighted by Gasteiger charge is -2.18. The van der Waals surface area contributed by atoms with Gasteiger partial charge in [0.1, 0.15) is 11.6 Å². The molecule has 0 spiro atoms. The Morgan fingerprint density at radius 1 is 1.16 bits per heavy atom. The van der Waals surface area contributed by atoms with E-state index in [0.29, 0.717) is 11.5 Å². The molecule has 0 bridgehead atoms. The number of benzene rings is 1. The lowest BCUT2D eigenvalue weighted by molar-refractivity contribution is 0.346. The van der Waals surface area contributed by atoms with Gasteiger partial charge >= 0.3 is 0 Å². The van der Waals surface area contributed by atoms with Gasteiger partial charge in [0.05, 0.1) is 5.69 Å². The highest BCUT2D eigenvalue weighted by atomic mass is 19.1. The molecule has 4 heterocycles. The summed E-state index contributed by atoms with van der Waals surface area (Å²) in [5.41, 5.74) is 3.55. The second-order valence-corrected chi connectivity index (χ2v) is 9.00. The number of aromatic nitrogens is 3. The normalized spacial score (nSPS) is 19.2. The third kappa shape index (κ3) is 4.77. The predicted octanol–water partition coefficient (Wildman–Crippen LogP) is 4.62. The average molecular weight is 441 g/mol. The number of rotatable bonds is 2. The first-order valence-electron chi connectivity index (χ1n) is 11.8. The number of hydrogen-bond donors (Lipinski definition) is 0. The van der Waals surface area contributed by atoms with Gasteiger partial charge in [-0.05, 0) is 77.7 Å². The van der Waals surface area contributed by atoms with Gasteiger partial charge in [-0.25, -0.2) is 9.37 Å². The zero-order valence-electron chi connectivity index (χ0n) is 19.4. The molecule has 3 aromatic rings. The number of hydrogen-bond acceptors (Lipinski definition) is 5. The molecule has 2 aliphatic heterocycles. The van der Waals surface area contributed by atoms with E-state index in [4.69, 9.17) is 4.52 Å². The third-order valence-electron chi connectivity index (χ3n) is 6.73. The average Bonchev–Trinajstić information content (AvgIpc) is 3.07. The molecular weight excluding hydrogens is 407 g/mol. The quantitative estimate of drug-likeness (QED) is 0.582.